The molecule has 3 heteroatoms. The van der Waals surface area contributed by atoms with Crippen molar-refractivity contribution in [2.75, 3.05) is 6.54 Å². The lowest BCUT2D eigenvalue weighted by molar-refractivity contribution is -0.143. The van der Waals surface area contributed by atoms with Crippen molar-refractivity contribution >= 4 is 5.91 Å². The van der Waals surface area contributed by atoms with E-state index in [-0.39, 0.29) is 11.9 Å². The van der Waals surface area contributed by atoms with Gasteiger partial charge in [0, 0.05) is 13.1 Å². The maximum Gasteiger partial charge on any atom is 0.241 e. The van der Waals surface area contributed by atoms with E-state index < -0.39 is 0 Å². The number of aryl methyl sites for hydroxylation is 1. The summed E-state index contributed by atoms with van der Waals surface area (Å²) in [6, 6.07) is 7.92. The summed E-state index contributed by atoms with van der Waals surface area (Å²) in [7, 11) is 0. The number of carbonyl (C=O) groups excluding carboxylic acids is 1. The van der Waals surface area contributed by atoms with Gasteiger partial charge >= 0.3 is 0 Å². The van der Waals surface area contributed by atoms with Crippen molar-refractivity contribution in [1.82, 2.24) is 4.90 Å². The van der Waals surface area contributed by atoms with Crippen LogP contribution in [0, 0.1) is 6.92 Å². The Morgan fingerprint density at radius 1 is 1.57 bits per heavy atom. The fourth-order valence-electron chi connectivity index (χ4n) is 1.70. The van der Waals surface area contributed by atoms with Crippen molar-refractivity contribution in [3.05, 3.63) is 35.4 Å². The highest BCUT2D eigenvalue weighted by atomic mass is 16.2. The molecule has 0 saturated carbocycles. The third kappa shape index (κ3) is 1.63. The zero-order valence-corrected chi connectivity index (χ0v) is 8.23. The first-order valence-electron chi connectivity index (χ1n) is 4.77. The zero-order valence-electron chi connectivity index (χ0n) is 8.23. The van der Waals surface area contributed by atoms with Gasteiger partial charge in [0.15, 0.2) is 0 Å². The van der Waals surface area contributed by atoms with Gasteiger partial charge in [-0.15, -0.1) is 0 Å². The summed E-state index contributed by atoms with van der Waals surface area (Å²) in [4.78, 5) is 13.0. The first-order valence-corrected chi connectivity index (χ1v) is 4.77. The Bertz CT molecular complexity index is 362. The van der Waals surface area contributed by atoms with Crippen LogP contribution in [-0.4, -0.2) is 23.4 Å². The SMILES string of the molecule is Cc1cccc(CN2CC(N)C2=O)c1. The van der Waals surface area contributed by atoms with Gasteiger partial charge in [-0.25, -0.2) is 0 Å². The van der Waals surface area contributed by atoms with Crippen molar-refractivity contribution in [3.8, 4) is 0 Å². The first kappa shape index (κ1) is 9.21. The Morgan fingerprint density at radius 3 is 2.93 bits per heavy atom. The van der Waals surface area contributed by atoms with Crippen molar-refractivity contribution in [2.45, 2.75) is 19.5 Å². The summed E-state index contributed by atoms with van der Waals surface area (Å²) in [6.07, 6.45) is 0. The Labute approximate surface area is 83.5 Å². The number of carbonyl (C=O) groups is 1. The molecule has 0 radical (unpaired) electrons. The molecule has 1 unspecified atom stereocenters. The number of benzene rings is 1. The molecule has 1 saturated heterocycles. The number of hydrogen-bond donors (Lipinski definition) is 1. The van der Waals surface area contributed by atoms with Gasteiger partial charge in [-0.3, -0.25) is 4.79 Å². The second-order valence-electron chi connectivity index (χ2n) is 3.81. The maximum atomic E-state index is 11.3. The highest BCUT2D eigenvalue weighted by molar-refractivity contribution is 5.87. The van der Waals surface area contributed by atoms with Gasteiger partial charge < -0.3 is 10.6 Å². The number of nitrogens with zero attached hydrogens (tertiary/aromatic N) is 1. The van der Waals surface area contributed by atoms with Crippen molar-refractivity contribution in [2.24, 2.45) is 5.73 Å². The minimum absolute atomic E-state index is 0.0616. The molecule has 1 aliphatic rings. The van der Waals surface area contributed by atoms with Crippen LogP contribution in [0.5, 0.6) is 0 Å². The average Bonchev–Trinajstić information content (AvgIpc) is 2.17. The highest BCUT2D eigenvalue weighted by Crippen LogP contribution is 2.14. The van der Waals surface area contributed by atoms with Crippen LogP contribution in [0.2, 0.25) is 0 Å². The fourth-order valence-corrected chi connectivity index (χ4v) is 1.70. The van der Waals surface area contributed by atoms with Crippen LogP contribution < -0.4 is 5.73 Å². The molecule has 1 aromatic rings. The summed E-state index contributed by atoms with van der Waals surface area (Å²) < 4.78 is 0. The molecule has 14 heavy (non-hydrogen) atoms. The van der Waals surface area contributed by atoms with Gasteiger partial charge in [0.25, 0.3) is 0 Å². The number of hydrogen-bond acceptors (Lipinski definition) is 2. The van der Waals surface area contributed by atoms with E-state index >= 15 is 0 Å². The van der Waals surface area contributed by atoms with Gasteiger partial charge in [0.1, 0.15) is 6.04 Å². The van der Waals surface area contributed by atoms with Gasteiger partial charge in [-0.2, -0.15) is 0 Å². The molecule has 0 aromatic heterocycles. The molecule has 1 aliphatic heterocycles. The average molecular weight is 190 g/mol. The van der Waals surface area contributed by atoms with Crippen LogP contribution in [0.3, 0.4) is 0 Å². The molecular weight excluding hydrogens is 176 g/mol. The van der Waals surface area contributed by atoms with Crippen LogP contribution in [0.15, 0.2) is 24.3 Å². The van der Waals surface area contributed by atoms with E-state index in [2.05, 4.69) is 6.07 Å². The van der Waals surface area contributed by atoms with E-state index in [4.69, 9.17) is 5.73 Å². The minimum atomic E-state index is -0.264. The number of nitrogens with two attached hydrogens (primary N) is 1. The summed E-state index contributed by atoms with van der Waals surface area (Å²) in [5.74, 6) is 0.0616. The summed E-state index contributed by atoms with van der Waals surface area (Å²) in [5.41, 5.74) is 7.90. The molecule has 3 nitrogen and oxygen atoms in total. The second kappa shape index (κ2) is 3.42. The Hall–Kier alpha value is -1.35. The number of β-lactam (4-membered cyclic amide) rings is 1. The summed E-state index contributed by atoms with van der Waals surface area (Å²) >= 11 is 0. The van der Waals surface area contributed by atoms with E-state index in [1.165, 1.54) is 11.1 Å². The van der Waals surface area contributed by atoms with Crippen molar-refractivity contribution in [3.63, 3.8) is 0 Å². The lowest BCUT2D eigenvalue weighted by atomic mass is 10.1. The monoisotopic (exact) mass is 190 g/mol. The predicted molar refractivity (Wildman–Crippen MR) is 54.6 cm³/mol. The molecule has 1 amide bonds. The van der Waals surface area contributed by atoms with Crippen LogP contribution in [0.4, 0.5) is 0 Å². The van der Waals surface area contributed by atoms with E-state index in [9.17, 15) is 4.79 Å². The molecule has 1 fully saturated rings. The van der Waals surface area contributed by atoms with Crippen molar-refractivity contribution < 1.29 is 4.79 Å². The lowest BCUT2D eigenvalue weighted by Crippen LogP contribution is -2.60. The molecule has 1 aromatic carbocycles. The Balaban J connectivity index is 2.02. The minimum Gasteiger partial charge on any atom is -0.335 e. The normalized spacial score (nSPS) is 20.9. The zero-order chi connectivity index (χ0) is 10.1. The number of rotatable bonds is 2. The molecule has 0 spiro atoms. The third-order valence-corrected chi connectivity index (χ3v) is 2.50. The highest BCUT2D eigenvalue weighted by Gasteiger charge is 2.32. The number of amides is 1. The standard InChI is InChI=1S/C11H14N2O/c1-8-3-2-4-9(5-8)6-13-7-10(12)11(13)14/h2-5,10H,6-7,12H2,1H3. The molecule has 74 valence electrons. The molecule has 0 bridgehead atoms. The van der Waals surface area contributed by atoms with Crippen LogP contribution >= 0.6 is 0 Å². The van der Waals surface area contributed by atoms with E-state index in [0.717, 1.165) is 0 Å². The summed E-state index contributed by atoms with van der Waals surface area (Å²) in [5, 5.41) is 0. The van der Waals surface area contributed by atoms with Crippen LogP contribution in [0.25, 0.3) is 0 Å². The topological polar surface area (TPSA) is 46.3 Å². The van der Waals surface area contributed by atoms with Crippen molar-refractivity contribution in [1.29, 1.82) is 0 Å². The molecule has 1 atom stereocenters. The molecule has 1 heterocycles. The Morgan fingerprint density at radius 2 is 2.36 bits per heavy atom. The van der Waals surface area contributed by atoms with Gasteiger partial charge in [0.2, 0.25) is 5.91 Å². The van der Waals surface area contributed by atoms with Gasteiger partial charge in [0.05, 0.1) is 0 Å². The quantitative estimate of drug-likeness (QED) is 0.696. The smallest absolute Gasteiger partial charge is 0.241 e. The van der Waals surface area contributed by atoms with E-state index in [0.29, 0.717) is 13.1 Å². The maximum absolute atomic E-state index is 11.3. The second-order valence-corrected chi connectivity index (χ2v) is 3.81. The summed E-state index contributed by atoms with van der Waals surface area (Å²) in [6.45, 7) is 3.42. The lowest BCUT2D eigenvalue weighted by Gasteiger charge is -2.36. The van der Waals surface area contributed by atoms with Gasteiger partial charge in [-0.1, -0.05) is 29.8 Å². The largest absolute Gasteiger partial charge is 0.335 e. The number of likely N-dealkylation sites (tertiary alicyclic amines) is 1. The first-order chi connectivity index (χ1) is 6.66. The third-order valence-electron chi connectivity index (χ3n) is 2.50. The van der Waals surface area contributed by atoms with Crippen LogP contribution in [-0.2, 0) is 11.3 Å². The van der Waals surface area contributed by atoms with Crippen LogP contribution in [0.1, 0.15) is 11.1 Å². The van der Waals surface area contributed by atoms with E-state index in [1.807, 2.05) is 25.1 Å². The predicted octanol–water partition coefficient (Wildman–Crippen LogP) is 0.665. The van der Waals surface area contributed by atoms with Gasteiger partial charge in [-0.05, 0) is 12.5 Å². The molecule has 0 aliphatic carbocycles. The van der Waals surface area contributed by atoms with E-state index in [1.54, 1.807) is 4.90 Å². The Kier molecular flexibility index (Phi) is 2.25. The molecule has 2 N–H and O–H groups in total. The molecule has 2 rings (SSSR count). The molecular formula is C11H14N2O. The fraction of sp³-hybridized carbons (Fsp3) is 0.364.